The average Bonchev–Trinajstić information content (AvgIpc) is 2.55. The van der Waals surface area contributed by atoms with Gasteiger partial charge in [-0.3, -0.25) is 4.68 Å². The van der Waals surface area contributed by atoms with Crippen molar-refractivity contribution in [2.24, 2.45) is 18.9 Å². The zero-order chi connectivity index (χ0) is 14.9. The van der Waals surface area contributed by atoms with Gasteiger partial charge in [0.25, 0.3) is 0 Å². The van der Waals surface area contributed by atoms with Crippen molar-refractivity contribution in [1.29, 1.82) is 0 Å². The molecular weight excluding hydrogens is 316 g/mol. The Morgan fingerprint density at radius 3 is 2.75 bits per heavy atom. The molecule has 2 rings (SSSR count). The molecule has 0 aromatic carbocycles. The second kappa shape index (κ2) is 6.18. The molecule has 2 unspecified atom stereocenters. The summed E-state index contributed by atoms with van der Waals surface area (Å²) in [4.78, 5) is 0. The predicted molar refractivity (Wildman–Crippen MR) is 85.7 cm³/mol. The van der Waals surface area contributed by atoms with Gasteiger partial charge < -0.3 is 5.11 Å². The third kappa shape index (κ3) is 3.64. The van der Waals surface area contributed by atoms with E-state index in [1.807, 2.05) is 18.7 Å². The first-order valence-electron chi connectivity index (χ1n) is 7.71. The van der Waals surface area contributed by atoms with Crippen LogP contribution >= 0.6 is 15.9 Å². The maximum absolute atomic E-state index is 11.0. The number of halogens is 1. The number of nitrogens with zero attached hydrogens (tertiary/aromatic N) is 2. The molecule has 1 fully saturated rings. The number of hydrogen-bond donors (Lipinski definition) is 1. The van der Waals surface area contributed by atoms with Gasteiger partial charge in [0.05, 0.1) is 21.5 Å². The smallest absolute Gasteiger partial charge is 0.0738 e. The Kier molecular flexibility index (Phi) is 4.96. The van der Waals surface area contributed by atoms with Gasteiger partial charge in [-0.2, -0.15) is 5.10 Å². The second-order valence-corrected chi connectivity index (χ2v) is 7.76. The summed E-state index contributed by atoms with van der Waals surface area (Å²) < 4.78 is 2.96. The molecule has 0 aliphatic heterocycles. The summed E-state index contributed by atoms with van der Waals surface area (Å²) in [6.07, 6.45) is 6.20. The summed E-state index contributed by atoms with van der Waals surface area (Å²) in [5.74, 6) is 1.38. The van der Waals surface area contributed by atoms with E-state index in [-0.39, 0.29) is 0 Å². The molecule has 1 aliphatic rings. The van der Waals surface area contributed by atoms with Crippen LogP contribution in [0.3, 0.4) is 0 Å². The number of aryl methyl sites for hydroxylation is 2. The van der Waals surface area contributed by atoms with Crippen molar-refractivity contribution in [3.63, 3.8) is 0 Å². The Morgan fingerprint density at radius 1 is 1.50 bits per heavy atom. The predicted octanol–water partition coefficient (Wildman–Crippen LogP) is 4.00. The number of hydrogen-bond acceptors (Lipinski definition) is 2. The van der Waals surface area contributed by atoms with E-state index in [1.165, 1.54) is 12.8 Å². The molecule has 2 atom stereocenters. The minimum Gasteiger partial charge on any atom is -0.389 e. The SMILES string of the molecule is Cc1nn(C)c(CC2(O)CCCC(CC(C)C)C2)c1Br. The fourth-order valence-corrected chi connectivity index (χ4v) is 4.15. The summed E-state index contributed by atoms with van der Waals surface area (Å²) >= 11 is 3.61. The van der Waals surface area contributed by atoms with E-state index in [0.717, 1.165) is 35.1 Å². The molecule has 4 heteroatoms. The van der Waals surface area contributed by atoms with E-state index in [9.17, 15) is 5.11 Å². The second-order valence-electron chi connectivity index (χ2n) is 6.96. The lowest BCUT2D eigenvalue weighted by atomic mass is 9.73. The van der Waals surface area contributed by atoms with Gasteiger partial charge in [-0.25, -0.2) is 0 Å². The Balaban J connectivity index is 2.10. The van der Waals surface area contributed by atoms with E-state index >= 15 is 0 Å². The Hall–Kier alpha value is -0.350. The van der Waals surface area contributed by atoms with Gasteiger partial charge in [-0.05, 0) is 54.0 Å². The van der Waals surface area contributed by atoms with Crippen LogP contribution < -0.4 is 0 Å². The normalized spacial score (nSPS) is 27.2. The van der Waals surface area contributed by atoms with Gasteiger partial charge >= 0.3 is 0 Å². The van der Waals surface area contributed by atoms with Crippen LogP contribution in [-0.4, -0.2) is 20.5 Å². The van der Waals surface area contributed by atoms with E-state index in [2.05, 4.69) is 34.9 Å². The molecule has 0 saturated heterocycles. The van der Waals surface area contributed by atoms with E-state index in [1.54, 1.807) is 0 Å². The molecule has 1 aromatic rings. The molecule has 0 bridgehead atoms. The van der Waals surface area contributed by atoms with Gasteiger partial charge in [0.2, 0.25) is 0 Å². The van der Waals surface area contributed by atoms with Crippen molar-refractivity contribution >= 4 is 15.9 Å². The molecule has 0 amide bonds. The fraction of sp³-hybridized carbons (Fsp3) is 0.812. The van der Waals surface area contributed by atoms with Crippen LogP contribution in [0.1, 0.15) is 57.3 Å². The highest BCUT2D eigenvalue weighted by atomic mass is 79.9. The highest BCUT2D eigenvalue weighted by Crippen LogP contribution is 2.38. The molecule has 0 radical (unpaired) electrons. The molecule has 1 aliphatic carbocycles. The Morgan fingerprint density at radius 2 is 2.20 bits per heavy atom. The molecule has 1 heterocycles. The summed E-state index contributed by atoms with van der Waals surface area (Å²) in [6.45, 7) is 6.55. The zero-order valence-electron chi connectivity index (χ0n) is 13.1. The quantitative estimate of drug-likeness (QED) is 0.897. The van der Waals surface area contributed by atoms with Crippen LogP contribution in [0.4, 0.5) is 0 Å². The van der Waals surface area contributed by atoms with Crippen LogP contribution in [-0.2, 0) is 13.5 Å². The third-order valence-corrected chi connectivity index (χ3v) is 5.52. The van der Waals surface area contributed by atoms with Gasteiger partial charge in [0, 0.05) is 13.5 Å². The topological polar surface area (TPSA) is 38.0 Å². The Labute approximate surface area is 130 Å². The van der Waals surface area contributed by atoms with E-state index in [0.29, 0.717) is 18.3 Å². The maximum Gasteiger partial charge on any atom is 0.0738 e. The molecule has 1 aromatic heterocycles. The first-order chi connectivity index (χ1) is 9.31. The van der Waals surface area contributed by atoms with Crippen molar-refractivity contribution in [2.75, 3.05) is 0 Å². The minimum absolute atomic E-state index is 0.555. The van der Waals surface area contributed by atoms with Crippen LogP contribution in [0.2, 0.25) is 0 Å². The van der Waals surface area contributed by atoms with Gasteiger partial charge in [-0.1, -0.05) is 26.7 Å². The fourth-order valence-electron chi connectivity index (χ4n) is 3.67. The summed E-state index contributed by atoms with van der Waals surface area (Å²) in [6, 6.07) is 0. The van der Waals surface area contributed by atoms with Crippen LogP contribution in [0.15, 0.2) is 4.47 Å². The molecule has 20 heavy (non-hydrogen) atoms. The lowest BCUT2D eigenvalue weighted by molar-refractivity contribution is -0.0204. The van der Waals surface area contributed by atoms with Crippen molar-refractivity contribution in [3.05, 3.63) is 15.9 Å². The van der Waals surface area contributed by atoms with Crippen LogP contribution in [0, 0.1) is 18.8 Å². The highest BCUT2D eigenvalue weighted by Gasteiger charge is 2.36. The van der Waals surface area contributed by atoms with Gasteiger partial charge in [0.15, 0.2) is 0 Å². The van der Waals surface area contributed by atoms with Gasteiger partial charge in [0.1, 0.15) is 0 Å². The lowest BCUT2D eigenvalue weighted by Crippen LogP contribution is -2.38. The molecule has 1 saturated carbocycles. The van der Waals surface area contributed by atoms with Crippen molar-refractivity contribution in [1.82, 2.24) is 9.78 Å². The van der Waals surface area contributed by atoms with Crippen LogP contribution in [0.5, 0.6) is 0 Å². The molecule has 3 nitrogen and oxygen atoms in total. The first kappa shape index (κ1) is 16.0. The number of aromatic nitrogens is 2. The molecule has 1 N–H and O–H groups in total. The minimum atomic E-state index is -0.555. The molecule has 114 valence electrons. The van der Waals surface area contributed by atoms with E-state index < -0.39 is 5.60 Å². The van der Waals surface area contributed by atoms with Crippen LogP contribution in [0.25, 0.3) is 0 Å². The van der Waals surface area contributed by atoms with Crippen molar-refractivity contribution < 1.29 is 5.11 Å². The largest absolute Gasteiger partial charge is 0.389 e. The third-order valence-electron chi connectivity index (χ3n) is 4.49. The van der Waals surface area contributed by atoms with E-state index in [4.69, 9.17) is 0 Å². The molecular formula is C16H27BrN2O. The average molecular weight is 343 g/mol. The number of aliphatic hydroxyl groups is 1. The lowest BCUT2D eigenvalue weighted by Gasteiger charge is -2.37. The summed E-state index contributed by atoms with van der Waals surface area (Å²) in [5.41, 5.74) is 1.57. The summed E-state index contributed by atoms with van der Waals surface area (Å²) in [5, 5.41) is 15.4. The van der Waals surface area contributed by atoms with Crippen molar-refractivity contribution in [2.45, 2.75) is 64.9 Å². The number of rotatable bonds is 4. The maximum atomic E-state index is 11.0. The highest BCUT2D eigenvalue weighted by molar-refractivity contribution is 9.10. The Bertz CT molecular complexity index is 469. The standard InChI is InChI=1S/C16H27BrN2O/c1-11(2)8-13-6-5-7-16(20,9-13)10-14-15(17)12(3)18-19(14)4/h11,13,20H,5-10H2,1-4H3. The van der Waals surface area contributed by atoms with Crippen molar-refractivity contribution in [3.8, 4) is 0 Å². The molecule has 0 spiro atoms. The zero-order valence-corrected chi connectivity index (χ0v) is 14.7. The summed E-state index contributed by atoms with van der Waals surface area (Å²) in [7, 11) is 1.96. The monoisotopic (exact) mass is 342 g/mol. The first-order valence-corrected chi connectivity index (χ1v) is 8.50. The van der Waals surface area contributed by atoms with Gasteiger partial charge in [-0.15, -0.1) is 0 Å².